The Hall–Kier alpha value is -0.620. The molecule has 1 aliphatic rings. The second-order valence-electron chi connectivity index (χ2n) is 3.51. The zero-order valence-electron chi connectivity index (χ0n) is 7.66. The smallest absolute Gasteiger partial charge is 0.211 e. The van der Waals surface area contributed by atoms with Gasteiger partial charge in [-0.05, 0) is 12.3 Å². The molecule has 0 bridgehead atoms. The Morgan fingerprint density at radius 2 is 2.31 bits per heavy atom. The van der Waals surface area contributed by atoms with Crippen molar-refractivity contribution >= 4 is 15.9 Å². The van der Waals surface area contributed by atoms with E-state index in [1.54, 1.807) is 0 Å². The summed E-state index contributed by atoms with van der Waals surface area (Å²) in [6, 6.07) is 0. The Labute approximate surface area is 78.5 Å². The summed E-state index contributed by atoms with van der Waals surface area (Å²) in [5, 5.41) is 7.09. The van der Waals surface area contributed by atoms with E-state index in [1.165, 1.54) is 10.6 Å². The largest absolute Gasteiger partial charge is 0.388 e. The summed E-state index contributed by atoms with van der Waals surface area (Å²) in [6.07, 6.45) is 2.53. The molecule has 1 rings (SSSR count). The number of sulfonamides is 1. The molecule has 1 fully saturated rings. The van der Waals surface area contributed by atoms with E-state index in [2.05, 4.69) is 0 Å². The molecule has 0 radical (unpaired) electrons. The van der Waals surface area contributed by atoms with E-state index in [-0.39, 0.29) is 11.8 Å². The third kappa shape index (κ3) is 2.96. The summed E-state index contributed by atoms with van der Waals surface area (Å²) < 4.78 is 23.7. The van der Waals surface area contributed by atoms with Crippen molar-refractivity contribution in [3.8, 4) is 0 Å². The molecule has 0 aromatic heterocycles. The summed E-state index contributed by atoms with van der Waals surface area (Å²) in [5.74, 6) is 0.368. The van der Waals surface area contributed by atoms with Crippen molar-refractivity contribution in [2.75, 3.05) is 19.3 Å². The van der Waals surface area contributed by atoms with Gasteiger partial charge in [0.05, 0.1) is 12.1 Å². The third-order valence-electron chi connectivity index (χ3n) is 2.23. The molecule has 0 spiro atoms. The van der Waals surface area contributed by atoms with Gasteiger partial charge in [-0.2, -0.15) is 0 Å². The van der Waals surface area contributed by atoms with E-state index in [9.17, 15) is 8.42 Å². The maximum absolute atomic E-state index is 11.1. The van der Waals surface area contributed by atoms with Crippen LogP contribution in [0.5, 0.6) is 0 Å². The summed E-state index contributed by atoms with van der Waals surface area (Å²) in [7, 11) is -3.05. The first kappa shape index (κ1) is 10.5. The van der Waals surface area contributed by atoms with Gasteiger partial charge in [0.15, 0.2) is 0 Å². The fourth-order valence-electron chi connectivity index (χ4n) is 1.58. The Bertz CT molecular complexity index is 299. The molecule has 0 amide bonds. The van der Waals surface area contributed by atoms with Gasteiger partial charge in [0.25, 0.3) is 0 Å². The van der Waals surface area contributed by atoms with E-state index in [0.29, 0.717) is 19.5 Å². The van der Waals surface area contributed by atoms with Crippen LogP contribution in [0.15, 0.2) is 0 Å². The number of hydrogen-bond acceptors (Lipinski definition) is 3. The van der Waals surface area contributed by atoms with Crippen molar-refractivity contribution in [2.45, 2.75) is 12.8 Å². The molecule has 1 heterocycles. The van der Waals surface area contributed by atoms with E-state index < -0.39 is 10.0 Å². The lowest BCUT2D eigenvalue weighted by Gasteiger charge is -2.12. The number of nitrogens with two attached hydrogens (primary N) is 1. The molecule has 5 nitrogen and oxygen atoms in total. The van der Waals surface area contributed by atoms with Crippen LogP contribution in [0.25, 0.3) is 0 Å². The quantitative estimate of drug-likeness (QED) is 0.485. The van der Waals surface area contributed by atoms with Gasteiger partial charge in [-0.25, -0.2) is 12.7 Å². The van der Waals surface area contributed by atoms with Crippen LogP contribution in [-0.2, 0) is 10.0 Å². The minimum Gasteiger partial charge on any atom is -0.388 e. The SMILES string of the molecule is CS(=O)(=O)N1CCC(CC(=N)N)C1. The van der Waals surface area contributed by atoms with Gasteiger partial charge in [0, 0.05) is 19.5 Å². The van der Waals surface area contributed by atoms with Crippen molar-refractivity contribution in [1.29, 1.82) is 5.41 Å². The summed E-state index contributed by atoms with van der Waals surface area (Å²) in [4.78, 5) is 0. The number of rotatable bonds is 3. The number of nitrogens with one attached hydrogen (secondary N) is 1. The van der Waals surface area contributed by atoms with Crippen LogP contribution in [-0.4, -0.2) is 37.9 Å². The van der Waals surface area contributed by atoms with Crippen LogP contribution in [0.3, 0.4) is 0 Å². The molecular weight excluding hydrogens is 190 g/mol. The molecule has 1 atom stereocenters. The maximum Gasteiger partial charge on any atom is 0.211 e. The molecule has 13 heavy (non-hydrogen) atoms. The van der Waals surface area contributed by atoms with Crippen LogP contribution >= 0.6 is 0 Å². The molecular formula is C7H15N3O2S. The lowest BCUT2D eigenvalue weighted by Crippen LogP contribution is -2.28. The monoisotopic (exact) mass is 205 g/mol. The predicted octanol–water partition coefficient (Wildman–Crippen LogP) is -0.406. The minimum atomic E-state index is -3.05. The highest BCUT2D eigenvalue weighted by Gasteiger charge is 2.28. The predicted molar refractivity (Wildman–Crippen MR) is 51.1 cm³/mol. The molecule has 0 aromatic rings. The molecule has 76 valence electrons. The average molecular weight is 205 g/mol. The Kier molecular flexibility index (Phi) is 2.92. The average Bonchev–Trinajstić information content (AvgIpc) is 2.32. The van der Waals surface area contributed by atoms with Crippen LogP contribution in [0.1, 0.15) is 12.8 Å². The summed E-state index contributed by atoms with van der Waals surface area (Å²) in [6.45, 7) is 1.08. The van der Waals surface area contributed by atoms with Gasteiger partial charge < -0.3 is 5.73 Å². The normalized spacial score (nSPS) is 24.8. The van der Waals surface area contributed by atoms with Gasteiger partial charge >= 0.3 is 0 Å². The lowest BCUT2D eigenvalue weighted by molar-refractivity contribution is 0.464. The van der Waals surface area contributed by atoms with Crippen LogP contribution < -0.4 is 5.73 Å². The minimum absolute atomic E-state index is 0.139. The van der Waals surface area contributed by atoms with Crippen molar-refractivity contribution in [1.82, 2.24) is 4.31 Å². The van der Waals surface area contributed by atoms with Crippen molar-refractivity contribution in [3.63, 3.8) is 0 Å². The third-order valence-corrected chi connectivity index (χ3v) is 3.50. The highest BCUT2D eigenvalue weighted by molar-refractivity contribution is 7.88. The highest BCUT2D eigenvalue weighted by Crippen LogP contribution is 2.21. The number of hydrogen-bond donors (Lipinski definition) is 2. The molecule has 0 aliphatic carbocycles. The maximum atomic E-state index is 11.1. The van der Waals surface area contributed by atoms with Gasteiger partial charge in [-0.15, -0.1) is 0 Å². The van der Waals surface area contributed by atoms with E-state index >= 15 is 0 Å². The van der Waals surface area contributed by atoms with Crippen LogP contribution in [0.2, 0.25) is 0 Å². The zero-order valence-corrected chi connectivity index (χ0v) is 8.47. The van der Waals surface area contributed by atoms with Crippen molar-refractivity contribution < 1.29 is 8.42 Å². The fourth-order valence-corrected chi connectivity index (χ4v) is 2.49. The summed E-state index contributed by atoms with van der Waals surface area (Å²) in [5.41, 5.74) is 5.24. The van der Waals surface area contributed by atoms with E-state index in [0.717, 1.165) is 6.42 Å². The van der Waals surface area contributed by atoms with Crippen molar-refractivity contribution in [2.24, 2.45) is 11.7 Å². The second-order valence-corrected chi connectivity index (χ2v) is 5.49. The van der Waals surface area contributed by atoms with Gasteiger partial charge in [0.2, 0.25) is 10.0 Å². The Morgan fingerprint density at radius 3 is 2.69 bits per heavy atom. The fraction of sp³-hybridized carbons (Fsp3) is 0.857. The molecule has 1 saturated heterocycles. The molecule has 1 aliphatic heterocycles. The summed E-state index contributed by atoms with van der Waals surface area (Å²) >= 11 is 0. The first-order valence-corrected chi connectivity index (χ1v) is 6.02. The van der Waals surface area contributed by atoms with Crippen LogP contribution in [0.4, 0.5) is 0 Å². The van der Waals surface area contributed by atoms with E-state index in [4.69, 9.17) is 11.1 Å². The molecule has 0 aromatic carbocycles. The molecule has 6 heteroatoms. The first-order valence-electron chi connectivity index (χ1n) is 4.17. The number of amidine groups is 1. The first-order chi connectivity index (χ1) is 5.89. The molecule has 1 unspecified atom stereocenters. The molecule has 3 N–H and O–H groups in total. The van der Waals surface area contributed by atoms with Gasteiger partial charge in [-0.3, -0.25) is 5.41 Å². The van der Waals surface area contributed by atoms with E-state index in [1.807, 2.05) is 0 Å². The standard InChI is InChI=1S/C7H15N3O2S/c1-13(11,12)10-3-2-6(5-10)4-7(8)9/h6H,2-5H2,1H3,(H3,8,9). The van der Waals surface area contributed by atoms with Crippen LogP contribution in [0, 0.1) is 11.3 Å². The highest BCUT2D eigenvalue weighted by atomic mass is 32.2. The molecule has 0 saturated carbocycles. The number of nitrogens with zero attached hydrogens (tertiary/aromatic N) is 1. The lowest BCUT2D eigenvalue weighted by atomic mass is 10.1. The zero-order chi connectivity index (χ0) is 10.1. The topological polar surface area (TPSA) is 87.2 Å². The Balaban J connectivity index is 2.50. The van der Waals surface area contributed by atoms with Gasteiger partial charge in [0.1, 0.15) is 0 Å². The van der Waals surface area contributed by atoms with Gasteiger partial charge in [-0.1, -0.05) is 0 Å². The second kappa shape index (κ2) is 3.63. The van der Waals surface area contributed by atoms with Crippen molar-refractivity contribution in [3.05, 3.63) is 0 Å². The Morgan fingerprint density at radius 1 is 1.69 bits per heavy atom.